The van der Waals surface area contributed by atoms with Crippen molar-refractivity contribution in [2.45, 2.75) is 64.0 Å². The Kier molecular flexibility index (Phi) is 4.65. The van der Waals surface area contributed by atoms with Crippen molar-refractivity contribution in [2.24, 2.45) is 17.8 Å². The van der Waals surface area contributed by atoms with Gasteiger partial charge in [0.05, 0.1) is 7.11 Å². The quantitative estimate of drug-likeness (QED) is 0.803. The van der Waals surface area contributed by atoms with E-state index in [4.69, 9.17) is 9.47 Å². The first-order valence-corrected chi connectivity index (χ1v) is 10.0. The molecule has 27 heavy (non-hydrogen) atoms. The van der Waals surface area contributed by atoms with E-state index in [0.717, 1.165) is 42.6 Å². The van der Waals surface area contributed by atoms with Gasteiger partial charge in [-0.05, 0) is 82.3 Å². The molecule has 4 saturated carbocycles. The lowest BCUT2D eigenvalue weighted by atomic mass is 9.53. The molecule has 5 rings (SSSR count). The van der Waals surface area contributed by atoms with E-state index < -0.39 is 12.1 Å². The molecule has 1 N–H and O–H groups in total. The average molecular weight is 371 g/mol. The first-order valence-electron chi connectivity index (χ1n) is 10.0. The van der Waals surface area contributed by atoms with E-state index >= 15 is 0 Å². The number of hydrogen-bond donors (Lipinski definition) is 1. The Bertz CT molecular complexity index is 721. The summed E-state index contributed by atoms with van der Waals surface area (Å²) in [6, 6.07) is 5.34. The van der Waals surface area contributed by atoms with Gasteiger partial charge in [0.15, 0.2) is 6.10 Å². The summed E-state index contributed by atoms with van der Waals surface area (Å²) in [6.45, 7) is 3.55. The van der Waals surface area contributed by atoms with Gasteiger partial charge in [-0.2, -0.15) is 0 Å². The Balaban J connectivity index is 1.41. The third kappa shape index (κ3) is 3.56. The highest BCUT2D eigenvalue weighted by atomic mass is 16.5. The Morgan fingerprint density at radius 3 is 2.26 bits per heavy atom. The minimum absolute atomic E-state index is 0.0759. The molecular formula is C22H29NO4. The highest BCUT2D eigenvalue weighted by Crippen LogP contribution is 2.55. The Labute approximate surface area is 160 Å². The largest absolute Gasteiger partial charge is 0.496 e. The second kappa shape index (κ2) is 6.84. The lowest BCUT2D eigenvalue weighted by molar-refractivity contribution is -0.134. The molecule has 4 aliphatic rings. The molecule has 4 bridgehead atoms. The van der Waals surface area contributed by atoms with E-state index in [9.17, 15) is 9.59 Å². The second-order valence-electron chi connectivity index (χ2n) is 8.94. The van der Waals surface area contributed by atoms with Crippen LogP contribution in [-0.2, 0) is 9.53 Å². The van der Waals surface area contributed by atoms with E-state index in [0.29, 0.717) is 11.3 Å². The van der Waals surface area contributed by atoms with Crippen LogP contribution in [0.1, 0.15) is 61.4 Å². The summed E-state index contributed by atoms with van der Waals surface area (Å²) in [5, 5.41) is 3.27. The van der Waals surface area contributed by atoms with Gasteiger partial charge in [0.2, 0.25) is 0 Å². The van der Waals surface area contributed by atoms with Crippen LogP contribution in [0.4, 0.5) is 0 Å². The molecular weight excluding hydrogens is 342 g/mol. The summed E-state index contributed by atoms with van der Waals surface area (Å²) in [5.74, 6) is 2.02. The van der Waals surface area contributed by atoms with Gasteiger partial charge in [0.1, 0.15) is 11.3 Å². The number of rotatable bonds is 5. The molecule has 1 aromatic carbocycles. The highest BCUT2D eigenvalue weighted by Gasteiger charge is 2.51. The predicted octanol–water partition coefficient (Wildman–Crippen LogP) is 3.63. The zero-order chi connectivity index (χ0) is 19.2. The second-order valence-corrected chi connectivity index (χ2v) is 8.94. The van der Waals surface area contributed by atoms with Crippen LogP contribution in [0.2, 0.25) is 0 Å². The standard InChI is InChI=1S/C22H29NO4/c1-13-4-5-19(26-3)18(6-13)21(25)27-14(2)20(24)23-22-10-15-7-16(11-22)9-17(8-15)12-22/h4-6,14-17H,7-12H2,1-3H3,(H,23,24)/t14-,15?,16?,17?,22?/m1/s1. The molecule has 0 aromatic heterocycles. The number of hydrogen-bond acceptors (Lipinski definition) is 4. The van der Waals surface area contributed by atoms with Crippen molar-refractivity contribution in [1.82, 2.24) is 5.32 Å². The topological polar surface area (TPSA) is 64.6 Å². The third-order valence-corrected chi connectivity index (χ3v) is 6.65. The van der Waals surface area contributed by atoms with Gasteiger partial charge in [-0.25, -0.2) is 4.79 Å². The van der Waals surface area contributed by atoms with Gasteiger partial charge in [-0.3, -0.25) is 4.79 Å². The summed E-state index contributed by atoms with van der Waals surface area (Å²) >= 11 is 0. The Morgan fingerprint density at radius 2 is 1.70 bits per heavy atom. The summed E-state index contributed by atoms with van der Waals surface area (Å²) in [6.07, 6.45) is 6.40. The number of benzene rings is 1. The van der Waals surface area contributed by atoms with Crippen LogP contribution < -0.4 is 10.1 Å². The van der Waals surface area contributed by atoms with Crippen molar-refractivity contribution in [3.8, 4) is 5.75 Å². The number of ether oxygens (including phenoxy) is 2. The molecule has 0 heterocycles. The Morgan fingerprint density at radius 1 is 1.11 bits per heavy atom. The maximum atomic E-state index is 12.8. The predicted molar refractivity (Wildman–Crippen MR) is 102 cm³/mol. The fraction of sp³-hybridized carbons (Fsp3) is 0.636. The van der Waals surface area contributed by atoms with Gasteiger partial charge in [-0.15, -0.1) is 0 Å². The van der Waals surface area contributed by atoms with Gasteiger partial charge < -0.3 is 14.8 Å². The van der Waals surface area contributed by atoms with E-state index in [-0.39, 0.29) is 11.4 Å². The first-order chi connectivity index (χ1) is 12.9. The van der Waals surface area contributed by atoms with Crippen molar-refractivity contribution in [3.63, 3.8) is 0 Å². The Hall–Kier alpha value is -2.04. The highest BCUT2D eigenvalue weighted by molar-refractivity contribution is 5.95. The van der Waals surface area contributed by atoms with Crippen molar-refractivity contribution >= 4 is 11.9 Å². The zero-order valence-electron chi connectivity index (χ0n) is 16.4. The van der Waals surface area contributed by atoms with Crippen LogP contribution >= 0.6 is 0 Å². The molecule has 0 saturated heterocycles. The van der Waals surface area contributed by atoms with Gasteiger partial charge in [0, 0.05) is 5.54 Å². The maximum absolute atomic E-state index is 12.8. The molecule has 1 atom stereocenters. The SMILES string of the molecule is COc1ccc(C)cc1C(=O)O[C@H](C)C(=O)NC12CC3CC(CC(C3)C1)C2. The fourth-order valence-corrected chi connectivity index (χ4v) is 5.89. The number of methoxy groups -OCH3 is 1. The van der Waals surface area contributed by atoms with E-state index in [1.165, 1.54) is 26.4 Å². The van der Waals surface area contributed by atoms with E-state index in [2.05, 4.69) is 5.32 Å². The monoisotopic (exact) mass is 371 g/mol. The first kappa shape index (κ1) is 18.3. The molecule has 0 aliphatic heterocycles. The smallest absolute Gasteiger partial charge is 0.342 e. The lowest BCUT2D eigenvalue weighted by Gasteiger charge is -2.57. The molecule has 4 fully saturated rings. The molecule has 1 aromatic rings. The van der Waals surface area contributed by atoms with Crippen molar-refractivity contribution in [1.29, 1.82) is 0 Å². The van der Waals surface area contributed by atoms with Crippen LogP contribution in [-0.4, -0.2) is 30.6 Å². The number of carbonyl (C=O) groups is 2. The van der Waals surface area contributed by atoms with Crippen molar-refractivity contribution in [2.75, 3.05) is 7.11 Å². The maximum Gasteiger partial charge on any atom is 0.342 e. The molecule has 4 aliphatic carbocycles. The van der Waals surface area contributed by atoms with Gasteiger partial charge in [0.25, 0.3) is 5.91 Å². The van der Waals surface area contributed by atoms with E-state index in [1.807, 2.05) is 13.0 Å². The molecule has 5 nitrogen and oxygen atoms in total. The molecule has 1 amide bonds. The minimum Gasteiger partial charge on any atom is -0.496 e. The van der Waals surface area contributed by atoms with Crippen LogP contribution in [0.3, 0.4) is 0 Å². The third-order valence-electron chi connectivity index (χ3n) is 6.65. The van der Waals surface area contributed by atoms with Crippen molar-refractivity contribution in [3.05, 3.63) is 29.3 Å². The van der Waals surface area contributed by atoms with Crippen molar-refractivity contribution < 1.29 is 19.1 Å². The molecule has 5 heteroatoms. The van der Waals surface area contributed by atoms with Gasteiger partial charge in [-0.1, -0.05) is 11.6 Å². The van der Waals surface area contributed by atoms with E-state index in [1.54, 1.807) is 19.1 Å². The van der Waals surface area contributed by atoms with Crippen LogP contribution in [0.5, 0.6) is 5.75 Å². The number of carbonyl (C=O) groups excluding carboxylic acids is 2. The number of aryl methyl sites for hydroxylation is 1. The summed E-state index contributed by atoms with van der Waals surface area (Å²) in [5.41, 5.74) is 1.22. The zero-order valence-corrected chi connectivity index (χ0v) is 16.4. The summed E-state index contributed by atoms with van der Waals surface area (Å²) in [7, 11) is 1.52. The normalized spacial score (nSPS) is 32.0. The average Bonchev–Trinajstić information content (AvgIpc) is 2.59. The minimum atomic E-state index is -0.823. The van der Waals surface area contributed by atoms with Gasteiger partial charge >= 0.3 is 5.97 Å². The van der Waals surface area contributed by atoms with Crippen LogP contribution in [0.15, 0.2) is 18.2 Å². The molecule has 0 radical (unpaired) electrons. The molecule has 0 unspecified atom stereocenters. The summed E-state index contributed by atoms with van der Waals surface area (Å²) in [4.78, 5) is 25.4. The molecule has 0 spiro atoms. The molecule has 146 valence electrons. The number of esters is 1. The van der Waals surface area contributed by atoms with Crippen LogP contribution in [0, 0.1) is 24.7 Å². The number of nitrogens with one attached hydrogen (secondary N) is 1. The fourth-order valence-electron chi connectivity index (χ4n) is 5.89. The lowest BCUT2D eigenvalue weighted by Crippen LogP contribution is -2.61. The van der Waals surface area contributed by atoms with Crippen LogP contribution in [0.25, 0.3) is 0 Å². The number of amides is 1. The summed E-state index contributed by atoms with van der Waals surface area (Å²) < 4.78 is 10.7.